The van der Waals surface area contributed by atoms with Crippen LogP contribution in [0.15, 0.2) is 0 Å². The van der Waals surface area contributed by atoms with Gasteiger partial charge in [0, 0.05) is 18.6 Å². The first-order chi connectivity index (χ1) is 8.18. The molecule has 0 aromatic carbocycles. The van der Waals surface area contributed by atoms with Crippen LogP contribution in [0.5, 0.6) is 0 Å². The number of hydrogen-bond acceptors (Lipinski definition) is 4. The van der Waals surface area contributed by atoms with E-state index < -0.39 is 5.97 Å². The van der Waals surface area contributed by atoms with Gasteiger partial charge in [0.15, 0.2) is 0 Å². The summed E-state index contributed by atoms with van der Waals surface area (Å²) in [6.07, 6.45) is 3.80. The third-order valence-corrected chi connectivity index (χ3v) is 3.80. The van der Waals surface area contributed by atoms with Gasteiger partial charge in [-0.3, -0.25) is 9.69 Å². The molecule has 0 spiro atoms. The maximum atomic E-state index is 10.8. The zero-order valence-electron chi connectivity index (χ0n) is 10.0. The fourth-order valence-corrected chi connectivity index (χ4v) is 2.96. The molecule has 3 atom stereocenters. The maximum absolute atomic E-state index is 10.8. The van der Waals surface area contributed by atoms with Gasteiger partial charge in [0.05, 0.1) is 25.7 Å². The van der Waals surface area contributed by atoms with Gasteiger partial charge in [0.25, 0.3) is 0 Å². The number of hydrogen-bond donors (Lipinski definition) is 2. The number of rotatable bonds is 3. The van der Waals surface area contributed by atoms with E-state index in [2.05, 4.69) is 4.90 Å². The number of carboxylic acids is 1. The summed E-state index contributed by atoms with van der Waals surface area (Å²) in [5.74, 6) is -0.796. The van der Waals surface area contributed by atoms with Crippen molar-refractivity contribution in [2.75, 3.05) is 19.8 Å². The number of morpholine rings is 1. The number of aliphatic hydroxyl groups is 1. The molecule has 1 heterocycles. The van der Waals surface area contributed by atoms with Crippen molar-refractivity contribution in [1.29, 1.82) is 0 Å². The molecular weight excluding hydrogens is 222 g/mol. The van der Waals surface area contributed by atoms with Crippen LogP contribution in [-0.4, -0.2) is 59.0 Å². The summed E-state index contributed by atoms with van der Waals surface area (Å²) < 4.78 is 5.35. The van der Waals surface area contributed by atoms with Crippen molar-refractivity contribution >= 4 is 5.97 Å². The zero-order chi connectivity index (χ0) is 12.3. The van der Waals surface area contributed by atoms with E-state index in [4.69, 9.17) is 9.84 Å². The molecular formula is C12H21NO4. The largest absolute Gasteiger partial charge is 0.481 e. The molecule has 5 heteroatoms. The summed E-state index contributed by atoms with van der Waals surface area (Å²) >= 11 is 0. The van der Waals surface area contributed by atoms with Crippen molar-refractivity contribution in [2.24, 2.45) is 0 Å². The van der Waals surface area contributed by atoms with Crippen LogP contribution in [0.4, 0.5) is 0 Å². The third-order valence-electron chi connectivity index (χ3n) is 3.80. The first-order valence-electron chi connectivity index (χ1n) is 6.42. The van der Waals surface area contributed by atoms with Crippen LogP contribution >= 0.6 is 0 Å². The van der Waals surface area contributed by atoms with Gasteiger partial charge in [0.2, 0.25) is 0 Å². The average molecular weight is 243 g/mol. The Morgan fingerprint density at radius 3 is 2.82 bits per heavy atom. The van der Waals surface area contributed by atoms with Gasteiger partial charge in [-0.15, -0.1) is 0 Å². The van der Waals surface area contributed by atoms with Crippen molar-refractivity contribution in [3.8, 4) is 0 Å². The van der Waals surface area contributed by atoms with Gasteiger partial charge in [-0.05, 0) is 12.8 Å². The van der Waals surface area contributed by atoms with Crippen molar-refractivity contribution in [3.05, 3.63) is 0 Å². The summed E-state index contributed by atoms with van der Waals surface area (Å²) in [7, 11) is 0. The zero-order valence-corrected chi connectivity index (χ0v) is 10.0. The highest BCUT2D eigenvalue weighted by Gasteiger charge is 2.35. The summed E-state index contributed by atoms with van der Waals surface area (Å²) in [6, 6.07) is 0.0380. The minimum Gasteiger partial charge on any atom is -0.481 e. The number of aliphatic carboxylic acids is 1. The summed E-state index contributed by atoms with van der Waals surface area (Å²) in [5, 5.41) is 18.9. The van der Waals surface area contributed by atoms with Crippen molar-refractivity contribution in [1.82, 2.24) is 4.90 Å². The van der Waals surface area contributed by atoms with Crippen LogP contribution in [0.2, 0.25) is 0 Å². The summed E-state index contributed by atoms with van der Waals surface area (Å²) in [4.78, 5) is 13.0. The molecule has 0 aromatic rings. The van der Waals surface area contributed by atoms with E-state index in [1.165, 1.54) is 0 Å². The fraction of sp³-hybridized carbons (Fsp3) is 0.917. The lowest BCUT2D eigenvalue weighted by atomic mass is 9.90. The number of ether oxygens (including phenoxy) is 1. The first-order valence-corrected chi connectivity index (χ1v) is 6.42. The molecule has 17 heavy (non-hydrogen) atoms. The van der Waals surface area contributed by atoms with E-state index in [1.807, 2.05) is 0 Å². The van der Waals surface area contributed by atoms with Crippen LogP contribution in [0.1, 0.15) is 32.1 Å². The van der Waals surface area contributed by atoms with E-state index in [1.54, 1.807) is 0 Å². The Bertz CT molecular complexity index is 271. The van der Waals surface area contributed by atoms with Crippen molar-refractivity contribution in [3.63, 3.8) is 0 Å². The van der Waals surface area contributed by atoms with Gasteiger partial charge in [-0.2, -0.15) is 0 Å². The molecule has 5 nitrogen and oxygen atoms in total. The lowest BCUT2D eigenvalue weighted by Crippen LogP contribution is -2.56. The van der Waals surface area contributed by atoms with Gasteiger partial charge in [-0.1, -0.05) is 12.8 Å². The molecule has 0 radical (unpaired) electrons. The molecule has 2 fully saturated rings. The number of nitrogens with zero attached hydrogens (tertiary/aromatic N) is 1. The van der Waals surface area contributed by atoms with Crippen LogP contribution < -0.4 is 0 Å². The molecule has 1 saturated carbocycles. The third kappa shape index (κ3) is 3.18. The maximum Gasteiger partial charge on any atom is 0.305 e. The van der Waals surface area contributed by atoms with Gasteiger partial charge in [0.1, 0.15) is 0 Å². The SMILES string of the molecule is O=C(O)CC1COCCN1C1CCCCC1O. The Balaban J connectivity index is 2.01. The number of carbonyl (C=O) groups is 1. The quantitative estimate of drug-likeness (QED) is 0.754. The molecule has 2 N–H and O–H groups in total. The molecule has 2 aliphatic rings. The van der Waals surface area contributed by atoms with Crippen LogP contribution in [0, 0.1) is 0 Å². The number of aliphatic hydroxyl groups excluding tert-OH is 1. The van der Waals surface area contributed by atoms with E-state index in [0.29, 0.717) is 13.2 Å². The predicted molar refractivity (Wildman–Crippen MR) is 61.8 cm³/mol. The average Bonchev–Trinajstić information content (AvgIpc) is 2.30. The Kier molecular flexibility index (Phi) is 4.36. The summed E-state index contributed by atoms with van der Waals surface area (Å²) in [6.45, 7) is 1.84. The molecule has 1 aliphatic carbocycles. The standard InChI is InChI=1S/C12H21NO4/c14-11-4-2-1-3-10(11)13-5-6-17-8-9(13)7-12(15)16/h9-11,14H,1-8H2,(H,15,16). The van der Waals surface area contributed by atoms with Crippen molar-refractivity contribution < 1.29 is 19.7 Å². The second-order valence-corrected chi connectivity index (χ2v) is 4.98. The Labute approximate surface area is 101 Å². The van der Waals surface area contributed by atoms with Crippen LogP contribution in [0.3, 0.4) is 0 Å². The molecule has 3 unspecified atom stereocenters. The van der Waals surface area contributed by atoms with Gasteiger partial charge >= 0.3 is 5.97 Å². The van der Waals surface area contributed by atoms with Crippen LogP contribution in [-0.2, 0) is 9.53 Å². The second-order valence-electron chi connectivity index (χ2n) is 4.98. The Morgan fingerprint density at radius 1 is 1.35 bits per heavy atom. The topological polar surface area (TPSA) is 70.0 Å². The highest BCUT2D eigenvalue weighted by molar-refractivity contribution is 5.67. The molecule has 0 bridgehead atoms. The van der Waals surface area contributed by atoms with Crippen LogP contribution in [0.25, 0.3) is 0 Å². The fourth-order valence-electron chi connectivity index (χ4n) is 2.96. The van der Waals surface area contributed by atoms with Crippen molar-refractivity contribution in [2.45, 2.75) is 50.3 Å². The molecule has 0 amide bonds. The first kappa shape index (κ1) is 12.8. The summed E-state index contributed by atoms with van der Waals surface area (Å²) in [5.41, 5.74) is 0. The Morgan fingerprint density at radius 2 is 2.12 bits per heavy atom. The van der Waals surface area contributed by atoms with E-state index in [-0.39, 0.29) is 24.6 Å². The lowest BCUT2D eigenvalue weighted by Gasteiger charge is -2.44. The highest BCUT2D eigenvalue weighted by Crippen LogP contribution is 2.26. The van der Waals surface area contributed by atoms with E-state index >= 15 is 0 Å². The molecule has 2 rings (SSSR count). The highest BCUT2D eigenvalue weighted by atomic mass is 16.5. The van der Waals surface area contributed by atoms with Gasteiger partial charge in [-0.25, -0.2) is 0 Å². The predicted octanol–water partition coefficient (Wildman–Crippen LogP) is 0.465. The number of carboxylic acid groups (broad SMARTS) is 1. The van der Waals surface area contributed by atoms with Gasteiger partial charge < -0.3 is 14.9 Å². The second kappa shape index (κ2) is 5.80. The Hall–Kier alpha value is -0.650. The normalized spacial score (nSPS) is 35.7. The molecule has 1 aliphatic heterocycles. The smallest absolute Gasteiger partial charge is 0.305 e. The monoisotopic (exact) mass is 243 g/mol. The van der Waals surface area contributed by atoms with E-state index in [9.17, 15) is 9.90 Å². The molecule has 98 valence electrons. The molecule has 1 saturated heterocycles. The van der Waals surface area contributed by atoms with E-state index in [0.717, 1.165) is 32.2 Å². The minimum absolute atomic E-state index is 0.0843. The minimum atomic E-state index is -0.796. The lowest BCUT2D eigenvalue weighted by molar-refractivity contribution is -0.142. The molecule has 0 aromatic heterocycles.